The number of rotatable bonds is 4. The number of nitrogens with zero attached hydrogens (tertiary/aromatic N) is 4. The molecule has 2 aliphatic heterocycles. The lowest BCUT2D eigenvalue weighted by atomic mass is 10.0. The molecule has 6 heteroatoms. The molecule has 1 aromatic rings. The minimum absolute atomic E-state index is 0.136. The lowest BCUT2D eigenvalue weighted by Gasteiger charge is -2.34. The van der Waals surface area contributed by atoms with Crippen molar-refractivity contribution < 1.29 is 9.59 Å². The van der Waals surface area contributed by atoms with Crippen LogP contribution in [-0.2, 0) is 9.59 Å². The zero-order valence-electron chi connectivity index (χ0n) is 13.4. The second-order valence-electron chi connectivity index (χ2n) is 7.23. The summed E-state index contributed by atoms with van der Waals surface area (Å²) in [6, 6.07) is 0.315. The Morgan fingerprint density at radius 1 is 1.26 bits per heavy atom. The summed E-state index contributed by atoms with van der Waals surface area (Å²) in [5, 5.41) is 0. The Kier molecular flexibility index (Phi) is 3.83. The molecular formula is C17H24N4O2. The smallest absolute Gasteiger partial charge is 0.228 e. The van der Waals surface area contributed by atoms with Gasteiger partial charge >= 0.3 is 0 Å². The average molecular weight is 316 g/mol. The third-order valence-corrected chi connectivity index (χ3v) is 5.39. The maximum absolute atomic E-state index is 12.8. The van der Waals surface area contributed by atoms with Gasteiger partial charge in [-0.25, -0.2) is 4.98 Å². The van der Waals surface area contributed by atoms with E-state index in [9.17, 15) is 9.59 Å². The number of piperidine rings is 1. The summed E-state index contributed by atoms with van der Waals surface area (Å²) in [7, 11) is 0. The Morgan fingerprint density at radius 2 is 2.13 bits per heavy atom. The van der Waals surface area contributed by atoms with E-state index in [-0.39, 0.29) is 17.7 Å². The molecule has 6 nitrogen and oxygen atoms in total. The van der Waals surface area contributed by atoms with Gasteiger partial charge in [0, 0.05) is 45.0 Å². The van der Waals surface area contributed by atoms with Crippen LogP contribution in [0, 0.1) is 11.8 Å². The number of carbonyl (C=O) groups is 2. The molecule has 0 N–H and O–H groups in total. The minimum atomic E-state index is -0.136. The number of carbonyl (C=O) groups excluding carboxylic acids is 2. The molecule has 3 heterocycles. The van der Waals surface area contributed by atoms with E-state index in [1.165, 1.54) is 12.8 Å². The fourth-order valence-electron chi connectivity index (χ4n) is 3.87. The van der Waals surface area contributed by atoms with E-state index in [1.54, 1.807) is 6.20 Å². The molecule has 1 aliphatic carbocycles. The molecule has 3 fully saturated rings. The minimum Gasteiger partial charge on any atom is -0.342 e. The molecular weight excluding hydrogens is 292 g/mol. The molecule has 124 valence electrons. The maximum Gasteiger partial charge on any atom is 0.228 e. The van der Waals surface area contributed by atoms with Gasteiger partial charge in [-0.2, -0.15) is 0 Å². The molecule has 0 aromatic carbocycles. The Morgan fingerprint density at radius 3 is 2.87 bits per heavy atom. The van der Waals surface area contributed by atoms with Crippen LogP contribution in [0.2, 0.25) is 0 Å². The van der Waals surface area contributed by atoms with Gasteiger partial charge in [-0.1, -0.05) is 0 Å². The van der Waals surface area contributed by atoms with Gasteiger partial charge in [-0.15, -0.1) is 0 Å². The summed E-state index contributed by atoms with van der Waals surface area (Å²) in [5.74, 6) is 0.885. The fourth-order valence-corrected chi connectivity index (χ4v) is 3.87. The second kappa shape index (κ2) is 5.98. The van der Waals surface area contributed by atoms with Crippen LogP contribution in [0.15, 0.2) is 18.7 Å². The zero-order chi connectivity index (χ0) is 15.8. The maximum atomic E-state index is 12.8. The normalized spacial score (nSPS) is 28.4. The van der Waals surface area contributed by atoms with Gasteiger partial charge < -0.3 is 14.4 Å². The number of hydrogen-bond acceptors (Lipinski definition) is 3. The second-order valence-corrected chi connectivity index (χ2v) is 7.23. The van der Waals surface area contributed by atoms with Crippen LogP contribution in [0.1, 0.15) is 38.1 Å². The van der Waals surface area contributed by atoms with E-state index in [0.29, 0.717) is 24.9 Å². The SMILES string of the molecule is O=C1C[C@@H](C(=O)N2CCC[C@@H](n3ccnc3)C2)CN1CC1CC1. The molecule has 2 amide bonds. The van der Waals surface area contributed by atoms with E-state index in [4.69, 9.17) is 0 Å². The van der Waals surface area contributed by atoms with Crippen LogP contribution in [0.4, 0.5) is 0 Å². The number of amides is 2. The van der Waals surface area contributed by atoms with Crippen LogP contribution in [0.3, 0.4) is 0 Å². The molecule has 0 unspecified atom stereocenters. The van der Waals surface area contributed by atoms with Crippen molar-refractivity contribution in [3.05, 3.63) is 18.7 Å². The van der Waals surface area contributed by atoms with E-state index < -0.39 is 0 Å². The number of likely N-dealkylation sites (tertiary alicyclic amines) is 2. The molecule has 1 saturated carbocycles. The third-order valence-electron chi connectivity index (χ3n) is 5.39. The van der Waals surface area contributed by atoms with Crippen LogP contribution in [0.25, 0.3) is 0 Å². The molecule has 2 saturated heterocycles. The lowest BCUT2D eigenvalue weighted by molar-refractivity contribution is -0.137. The van der Waals surface area contributed by atoms with Crippen molar-refractivity contribution in [3.63, 3.8) is 0 Å². The highest BCUT2D eigenvalue weighted by Gasteiger charge is 2.39. The summed E-state index contributed by atoms with van der Waals surface area (Å²) in [6.07, 6.45) is 10.6. The molecule has 2 atom stereocenters. The highest BCUT2D eigenvalue weighted by atomic mass is 16.2. The molecule has 0 radical (unpaired) electrons. The molecule has 23 heavy (non-hydrogen) atoms. The summed E-state index contributed by atoms with van der Waals surface area (Å²) in [4.78, 5) is 32.9. The predicted molar refractivity (Wildman–Crippen MR) is 84.5 cm³/mol. The van der Waals surface area contributed by atoms with Gasteiger partial charge in [0.15, 0.2) is 0 Å². The lowest BCUT2D eigenvalue weighted by Crippen LogP contribution is -2.44. The molecule has 4 rings (SSSR count). The third kappa shape index (κ3) is 3.12. The van der Waals surface area contributed by atoms with Crippen molar-refractivity contribution in [1.82, 2.24) is 19.4 Å². The van der Waals surface area contributed by atoms with Crippen molar-refractivity contribution >= 4 is 11.8 Å². The Bertz CT molecular complexity index is 581. The average Bonchev–Trinajstić information content (AvgIpc) is 3.08. The Hall–Kier alpha value is -1.85. The quantitative estimate of drug-likeness (QED) is 0.841. The monoisotopic (exact) mass is 316 g/mol. The molecule has 0 bridgehead atoms. The van der Waals surface area contributed by atoms with Gasteiger partial charge in [-0.05, 0) is 31.6 Å². The van der Waals surface area contributed by atoms with Gasteiger partial charge in [0.25, 0.3) is 0 Å². The van der Waals surface area contributed by atoms with Crippen molar-refractivity contribution in [2.75, 3.05) is 26.2 Å². The molecule has 1 aromatic heterocycles. The predicted octanol–water partition coefficient (Wildman–Crippen LogP) is 1.31. The van der Waals surface area contributed by atoms with E-state index in [2.05, 4.69) is 9.55 Å². The first-order chi connectivity index (χ1) is 11.2. The van der Waals surface area contributed by atoms with E-state index in [1.807, 2.05) is 22.3 Å². The first-order valence-electron chi connectivity index (χ1n) is 8.74. The van der Waals surface area contributed by atoms with Gasteiger partial charge in [0.1, 0.15) is 0 Å². The van der Waals surface area contributed by atoms with Gasteiger partial charge in [0.2, 0.25) is 11.8 Å². The summed E-state index contributed by atoms with van der Waals surface area (Å²) >= 11 is 0. The summed E-state index contributed by atoms with van der Waals surface area (Å²) < 4.78 is 2.10. The highest BCUT2D eigenvalue weighted by molar-refractivity contribution is 5.89. The van der Waals surface area contributed by atoms with Crippen LogP contribution in [-0.4, -0.2) is 57.3 Å². The largest absolute Gasteiger partial charge is 0.342 e. The zero-order valence-corrected chi connectivity index (χ0v) is 13.4. The van der Waals surface area contributed by atoms with E-state index >= 15 is 0 Å². The first-order valence-corrected chi connectivity index (χ1v) is 8.74. The standard InChI is InChI=1S/C17H24N4O2/c22-16-8-14(10-21(16)9-13-3-4-13)17(23)19-6-1-2-15(11-19)20-7-5-18-12-20/h5,7,12-15H,1-4,6,8-11H2/t14-,15-/m1/s1. The molecule has 3 aliphatic rings. The number of hydrogen-bond donors (Lipinski definition) is 0. The summed E-state index contributed by atoms with van der Waals surface area (Å²) in [5.41, 5.74) is 0. The molecule has 0 spiro atoms. The fraction of sp³-hybridized carbons (Fsp3) is 0.706. The Labute approximate surface area is 136 Å². The Balaban J connectivity index is 1.37. The van der Waals surface area contributed by atoms with Crippen molar-refractivity contribution in [2.24, 2.45) is 11.8 Å². The van der Waals surface area contributed by atoms with Crippen LogP contribution < -0.4 is 0 Å². The van der Waals surface area contributed by atoms with Crippen molar-refractivity contribution in [3.8, 4) is 0 Å². The topological polar surface area (TPSA) is 58.4 Å². The van der Waals surface area contributed by atoms with Gasteiger partial charge in [-0.3, -0.25) is 9.59 Å². The van der Waals surface area contributed by atoms with Gasteiger partial charge in [0.05, 0.1) is 18.3 Å². The summed E-state index contributed by atoms with van der Waals surface area (Å²) in [6.45, 7) is 3.04. The van der Waals surface area contributed by atoms with Crippen LogP contribution >= 0.6 is 0 Å². The van der Waals surface area contributed by atoms with Crippen LogP contribution in [0.5, 0.6) is 0 Å². The van der Waals surface area contributed by atoms with E-state index in [0.717, 1.165) is 32.5 Å². The highest BCUT2D eigenvalue weighted by Crippen LogP contribution is 2.32. The van der Waals surface area contributed by atoms with Crippen molar-refractivity contribution in [1.29, 1.82) is 0 Å². The first kappa shape index (κ1) is 14.7. The number of imidazole rings is 1. The number of aromatic nitrogens is 2. The van der Waals surface area contributed by atoms with Crippen molar-refractivity contribution in [2.45, 2.75) is 38.1 Å².